The van der Waals surface area contributed by atoms with E-state index in [1.54, 1.807) is 0 Å². The average Bonchev–Trinajstić information content (AvgIpc) is 2.87. The second-order valence-electron chi connectivity index (χ2n) is 4.87. The van der Waals surface area contributed by atoms with Crippen molar-refractivity contribution in [3.8, 4) is 0 Å². The average molecular weight is 258 g/mol. The smallest absolute Gasteiger partial charge is 0.136 e. The molecule has 1 fully saturated rings. The van der Waals surface area contributed by atoms with Gasteiger partial charge in [-0.25, -0.2) is 4.98 Å². The van der Waals surface area contributed by atoms with Crippen LogP contribution < -0.4 is 0 Å². The molecule has 5 nitrogen and oxygen atoms in total. The van der Waals surface area contributed by atoms with Crippen molar-refractivity contribution >= 4 is 0 Å². The van der Waals surface area contributed by atoms with Crippen LogP contribution in [0.3, 0.4) is 0 Å². The van der Waals surface area contributed by atoms with Crippen LogP contribution in [-0.2, 0) is 11.3 Å². The molecule has 1 atom stereocenters. The van der Waals surface area contributed by atoms with E-state index in [2.05, 4.69) is 25.9 Å². The third kappa shape index (κ3) is 3.00. The number of morpholine rings is 1. The molecular weight excluding hydrogens is 240 g/mol. The number of hydrogen-bond acceptors (Lipinski definition) is 4. The van der Waals surface area contributed by atoms with E-state index in [9.17, 15) is 0 Å². The number of H-pyrrole nitrogens is 1. The van der Waals surface area contributed by atoms with E-state index in [-0.39, 0.29) is 6.10 Å². The molecule has 19 heavy (non-hydrogen) atoms. The highest BCUT2D eigenvalue weighted by molar-refractivity contribution is 5.05. The first kappa shape index (κ1) is 12.3. The van der Waals surface area contributed by atoms with Gasteiger partial charge in [0.2, 0.25) is 0 Å². The summed E-state index contributed by atoms with van der Waals surface area (Å²) in [6.07, 6.45) is 3.71. The van der Waals surface area contributed by atoms with Gasteiger partial charge in [0.05, 0.1) is 12.3 Å². The quantitative estimate of drug-likeness (QED) is 0.910. The van der Waals surface area contributed by atoms with Crippen LogP contribution in [0.1, 0.15) is 23.3 Å². The molecule has 0 aliphatic carbocycles. The summed E-state index contributed by atoms with van der Waals surface area (Å²) >= 11 is 0. The Kier molecular flexibility index (Phi) is 3.57. The number of nitrogens with one attached hydrogen (secondary N) is 1. The molecule has 1 aliphatic heterocycles. The minimum Gasteiger partial charge on any atom is -0.368 e. The zero-order chi connectivity index (χ0) is 13.1. The van der Waals surface area contributed by atoms with Gasteiger partial charge < -0.3 is 9.72 Å². The summed E-state index contributed by atoms with van der Waals surface area (Å²) in [6.45, 7) is 5.39. The standard InChI is InChI=1S/C14H18N4O/c1-11-8-16-14(17-11)13-10-18(6-7-19-13)9-12-4-2-3-5-15-12/h2-5,8,13H,6-7,9-10H2,1H3,(H,16,17). The van der Waals surface area contributed by atoms with Crippen molar-refractivity contribution in [2.75, 3.05) is 19.7 Å². The monoisotopic (exact) mass is 258 g/mol. The summed E-state index contributed by atoms with van der Waals surface area (Å²) in [6, 6.07) is 6.02. The number of imidazole rings is 1. The summed E-state index contributed by atoms with van der Waals surface area (Å²) in [5.41, 5.74) is 2.17. The first-order valence-electron chi connectivity index (χ1n) is 6.56. The molecule has 0 radical (unpaired) electrons. The lowest BCUT2D eigenvalue weighted by atomic mass is 10.2. The van der Waals surface area contributed by atoms with E-state index in [1.165, 1.54) is 0 Å². The molecule has 1 N–H and O–H groups in total. The van der Waals surface area contributed by atoms with Crippen LogP contribution in [0.25, 0.3) is 0 Å². The fourth-order valence-electron chi connectivity index (χ4n) is 2.33. The van der Waals surface area contributed by atoms with Gasteiger partial charge in [0, 0.05) is 37.7 Å². The van der Waals surface area contributed by atoms with Crippen LogP contribution in [0, 0.1) is 6.92 Å². The predicted octanol–water partition coefficient (Wildman–Crippen LogP) is 1.69. The molecule has 0 aromatic carbocycles. The number of aryl methyl sites for hydroxylation is 1. The third-order valence-corrected chi connectivity index (χ3v) is 3.29. The highest BCUT2D eigenvalue weighted by Gasteiger charge is 2.24. The minimum atomic E-state index is 0.0335. The molecular formula is C14H18N4O. The highest BCUT2D eigenvalue weighted by Crippen LogP contribution is 2.20. The lowest BCUT2D eigenvalue weighted by Crippen LogP contribution is -2.38. The number of rotatable bonds is 3. The van der Waals surface area contributed by atoms with Gasteiger partial charge >= 0.3 is 0 Å². The third-order valence-electron chi connectivity index (χ3n) is 3.29. The van der Waals surface area contributed by atoms with Gasteiger partial charge in [-0.05, 0) is 19.1 Å². The number of nitrogens with zero attached hydrogens (tertiary/aromatic N) is 3. The first-order chi connectivity index (χ1) is 9.31. The maximum Gasteiger partial charge on any atom is 0.136 e. The van der Waals surface area contributed by atoms with Gasteiger partial charge in [-0.2, -0.15) is 0 Å². The molecule has 1 aliphatic rings. The molecule has 0 saturated carbocycles. The Morgan fingerprint density at radius 3 is 3.11 bits per heavy atom. The number of aromatic nitrogens is 3. The Balaban J connectivity index is 1.65. The fraction of sp³-hybridized carbons (Fsp3) is 0.429. The summed E-state index contributed by atoms with van der Waals surface area (Å²) in [5, 5.41) is 0. The Morgan fingerprint density at radius 2 is 2.37 bits per heavy atom. The van der Waals surface area contributed by atoms with Crippen molar-refractivity contribution in [3.63, 3.8) is 0 Å². The number of hydrogen-bond donors (Lipinski definition) is 1. The first-order valence-corrected chi connectivity index (χ1v) is 6.56. The van der Waals surface area contributed by atoms with Crippen molar-refractivity contribution < 1.29 is 4.74 Å². The van der Waals surface area contributed by atoms with Crippen molar-refractivity contribution in [1.82, 2.24) is 19.9 Å². The van der Waals surface area contributed by atoms with Gasteiger partial charge in [0.15, 0.2) is 0 Å². The topological polar surface area (TPSA) is 54.0 Å². The van der Waals surface area contributed by atoms with E-state index in [0.717, 1.165) is 43.5 Å². The van der Waals surface area contributed by atoms with Gasteiger partial charge in [0.1, 0.15) is 11.9 Å². The number of ether oxygens (including phenoxy) is 1. The van der Waals surface area contributed by atoms with Crippen LogP contribution >= 0.6 is 0 Å². The zero-order valence-electron chi connectivity index (χ0n) is 11.0. The number of pyridine rings is 1. The van der Waals surface area contributed by atoms with Crippen LogP contribution in [-0.4, -0.2) is 39.5 Å². The van der Waals surface area contributed by atoms with E-state index in [1.807, 2.05) is 31.5 Å². The van der Waals surface area contributed by atoms with Gasteiger partial charge in [-0.3, -0.25) is 9.88 Å². The predicted molar refractivity (Wildman–Crippen MR) is 71.5 cm³/mol. The summed E-state index contributed by atoms with van der Waals surface area (Å²) in [7, 11) is 0. The number of aromatic amines is 1. The zero-order valence-corrected chi connectivity index (χ0v) is 11.0. The van der Waals surface area contributed by atoms with Crippen molar-refractivity contribution in [3.05, 3.63) is 47.8 Å². The van der Waals surface area contributed by atoms with Gasteiger partial charge in [0.25, 0.3) is 0 Å². The van der Waals surface area contributed by atoms with E-state index < -0.39 is 0 Å². The van der Waals surface area contributed by atoms with Crippen LogP contribution in [0.15, 0.2) is 30.6 Å². The molecule has 0 spiro atoms. The van der Waals surface area contributed by atoms with Crippen LogP contribution in [0.2, 0.25) is 0 Å². The van der Waals surface area contributed by atoms with Crippen molar-refractivity contribution in [1.29, 1.82) is 0 Å². The van der Waals surface area contributed by atoms with Gasteiger partial charge in [-0.1, -0.05) is 6.07 Å². The Bertz CT molecular complexity index is 525. The van der Waals surface area contributed by atoms with Gasteiger partial charge in [-0.15, -0.1) is 0 Å². The molecule has 100 valence electrons. The molecule has 1 saturated heterocycles. The SMILES string of the molecule is Cc1cnc(C2CN(Cc3ccccn3)CCO2)[nH]1. The summed E-state index contributed by atoms with van der Waals surface area (Å²) in [5.74, 6) is 0.920. The Morgan fingerprint density at radius 1 is 1.42 bits per heavy atom. The maximum atomic E-state index is 5.79. The molecule has 2 aromatic rings. The van der Waals surface area contributed by atoms with Crippen LogP contribution in [0.5, 0.6) is 0 Å². The lowest BCUT2D eigenvalue weighted by Gasteiger charge is -2.31. The van der Waals surface area contributed by atoms with Crippen LogP contribution in [0.4, 0.5) is 0 Å². The largest absolute Gasteiger partial charge is 0.368 e. The normalized spacial score (nSPS) is 20.6. The second-order valence-corrected chi connectivity index (χ2v) is 4.87. The van der Waals surface area contributed by atoms with Crippen molar-refractivity contribution in [2.24, 2.45) is 0 Å². The molecule has 3 rings (SSSR count). The summed E-state index contributed by atoms with van der Waals surface area (Å²) in [4.78, 5) is 14.3. The van der Waals surface area contributed by atoms with E-state index in [4.69, 9.17) is 4.74 Å². The fourth-order valence-corrected chi connectivity index (χ4v) is 2.33. The lowest BCUT2D eigenvalue weighted by molar-refractivity contribution is -0.0372. The van der Waals surface area contributed by atoms with E-state index >= 15 is 0 Å². The summed E-state index contributed by atoms with van der Waals surface area (Å²) < 4.78 is 5.79. The minimum absolute atomic E-state index is 0.0335. The van der Waals surface area contributed by atoms with Crippen molar-refractivity contribution in [2.45, 2.75) is 19.6 Å². The second kappa shape index (κ2) is 5.50. The molecule has 1 unspecified atom stereocenters. The Labute approximate surface area is 112 Å². The van der Waals surface area contributed by atoms with E-state index in [0.29, 0.717) is 0 Å². The molecule has 0 amide bonds. The maximum absolute atomic E-state index is 5.79. The molecule has 5 heteroatoms. The Hall–Kier alpha value is -1.72. The molecule has 3 heterocycles. The molecule has 0 bridgehead atoms. The molecule has 2 aromatic heterocycles. The highest BCUT2D eigenvalue weighted by atomic mass is 16.5.